The minimum atomic E-state index is -0.837. The number of guanidine groups is 1. The summed E-state index contributed by atoms with van der Waals surface area (Å²) in [6.07, 6.45) is 0. The van der Waals surface area contributed by atoms with Gasteiger partial charge in [0.25, 0.3) is 0 Å². The first kappa shape index (κ1) is 25.8. The lowest BCUT2D eigenvalue weighted by Gasteiger charge is -2.34. The van der Waals surface area contributed by atoms with Crippen molar-refractivity contribution >= 4 is 29.9 Å². The molecule has 8 nitrogen and oxygen atoms in total. The molecular formula is C19H41IN6O2. The lowest BCUT2D eigenvalue weighted by atomic mass is 10.1. The minimum absolute atomic E-state index is 0. The van der Waals surface area contributed by atoms with E-state index in [1.54, 1.807) is 0 Å². The van der Waals surface area contributed by atoms with Crippen molar-refractivity contribution < 1.29 is 9.84 Å². The third kappa shape index (κ3) is 10.0. The molecule has 0 aromatic rings. The maximum atomic E-state index is 10.7. The molecule has 9 heteroatoms. The lowest BCUT2D eigenvalue weighted by Crippen LogP contribution is -2.50. The Morgan fingerprint density at radius 2 is 1.64 bits per heavy atom. The van der Waals surface area contributed by atoms with Crippen molar-refractivity contribution in [1.82, 2.24) is 25.3 Å². The molecule has 2 heterocycles. The summed E-state index contributed by atoms with van der Waals surface area (Å²) in [6, 6.07) is 0. The predicted molar refractivity (Wildman–Crippen MR) is 126 cm³/mol. The van der Waals surface area contributed by atoms with Gasteiger partial charge in [0.05, 0.1) is 25.4 Å². The normalized spacial score (nSPS) is 22.4. The fraction of sp³-hybridized carbons (Fsp3) is 0.947. The van der Waals surface area contributed by atoms with Crippen LogP contribution in [0.25, 0.3) is 0 Å². The van der Waals surface area contributed by atoms with Crippen LogP contribution in [0.1, 0.15) is 20.8 Å². The first-order chi connectivity index (χ1) is 13.0. The van der Waals surface area contributed by atoms with Gasteiger partial charge in [-0.3, -0.25) is 14.8 Å². The molecular weight excluding hydrogens is 471 g/mol. The number of β-amino-alcohol motifs (C(OH)–C–C–N with tert-alkyl or cyclic N) is 1. The van der Waals surface area contributed by atoms with Gasteiger partial charge in [-0.05, 0) is 20.4 Å². The number of piperazine rings is 1. The van der Waals surface area contributed by atoms with Crippen LogP contribution in [0.4, 0.5) is 0 Å². The van der Waals surface area contributed by atoms with Crippen molar-refractivity contribution in [2.24, 2.45) is 4.99 Å². The van der Waals surface area contributed by atoms with Gasteiger partial charge in [-0.1, -0.05) is 6.92 Å². The highest BCUT2D eigenvalue weighted by Gasteiger charge is 2.25. The molecule has 2 rings (SSSR count). The molecule has 28 heavy (non-hydrogen) atoms. The Hall–Kier alpha value is -0.200. The van der Waals surface area contributed by atoms with E-state index in [1.807, 2.05) is 6.92 Å². The molecule has 2 aliphatic rings. The largest absolute Gasteiger partial charge is 0.387 e. The first-order valence-corrected chi connectivity index (χ1v) is 10.5. The Morgan fingerprint density at radius 1 is 1.00 bits per heavy atom. The zero-order chi connectivity index (χ0) is 19.5. The number of morpholine rings is 1. The summed E-state index contributed by atoms with van der Waals surface area (Å²) in [6.45, 7) is 18.9. The number of aliphatic hydroxyl groups is 1. The number of rotatable bonds is 9. The second-order valence-electron chi connectivity index (χ2n) is 7.78. The zero-order valence-corrected chi connectivity index (χ0v) is 20.3. The maximum Gasteiger partial charge on any atom is 0.191 e. The molecule has 2 aliphatic heterocycles. The van der Waals surface area contributed by atoms with Crippen LogP contribution in [0.3, 0.4) is 0 Å². The highest BCUT2D eigenvalue weighted by molar-refractivity contribution is 14.0. The maximum absolute atomic E-state index is 10.7. The summed E-state index contributed by atoms with van der Waals surface area (Å²) in [7, 11) is 0. The van der Waals surface area contributed by atoms with Crippen LogP contribution in [0, 0.1) is 0 Å². The minimum Gasteiger partial charge on any atom is -0.387 e. The average molecular weight is 512 g/mol. The van der Waals surface area contributed by atoms with Crippen LogP contribution in [0.15, 0.2) is 4.99 Å². The van der Waals surface area contributed by atoms with E-state index in [4.69, 9.17) is 4.74 Å². The first-order valence-electron chi connectivity index (χ1n) is 10.5. The topological polar surface area (TPSA) is 75.6 Å². The molecule has 0 radical (unpaired) electrons. The van der Waals surface area contributed by atoms with Crippen LogP contribution < -0.4 is 10.6 Å². The van der Waals surface area contributed by atoms with E-state index in [-0.39, 0.29) is 24.0 Å². The Morgan fingerprint density at radius 3 is 2.25 bits per heavy atom. The molecule has 3 N–H and O–H groups in total. The molecule has 0 spiro atoms. The van der Waals surface area contributed by atoms with Gasteiger partial charge in [0, 0.05) is 65.4 Å². The van der Waals surface area contributed by atoms with Crippen LogP contribution in [0.5, 0.6) is 0 Å². The highest BCUT2D eigenvalue weighted by Crippen LogP contribution is 2.09. The number of aliphatic imine (C=N–C) groups is 1. The standard InChI is InChI=1S/C19H40N6O2.HI/c1-4-20-18(21-6-7-24-10-8-23(5-2)9-11-24)22-16-19(3,26)17-25-12-14-27-15-13-25;/h26H,4-17H2,1-3H3,(H2,20,21,22);1H. The number of halogens is 1. The molecule has 0 aliphatic carbocycles. The Labute approximate surface area is 188 Å². The number of hydrogen-bond acceptors (Lipinski definition) is 6. The molecule has 0 saturated carbocycles. The second kappa shape index (κ2) is 13.9. The molecule has 1 atom stereocenters. The third-order valence-electron chi connectivity index (χ3n) is 5.22. The molecule has 0 aromatic heterocycles. The number of hydrogen-bond donors (Lipinski definition) is 3. The monoisotopic (exact) mass is 512 g/mol. The van der Waals surface area contributed by atoms with E-state index in [9.17, 15) is 5.11 Å². The molecule has 0 bridgehead atoms. The van der Waals surface area contributed by atoms with Crippen molar-refractivity contribution in [2.75, 3.05) is 91.8 Å². The fourth-order valence-electron chi connectivity index (χ4n) is 3.54. The quantitative estimate of drug-likeness (QED) is 0.226. The van der Waals surface area contributed by atoms with Crippen molar-refractivity contribution in [3.05, 3.63) is 0 Å². The summed E-state index contributed by atoms with van der Waals surface area (Å²) < 4.78 is 5.37. The van der Waals surface area contributed by atoms with Gasteiger partial charge >= 0.3 is 0 Å². The third-order valence-corrected chi connectivity index (χ3v) is 5.22. The number of nitrogens with zero attached hydrogens (tertiary/aromatic N) is 4. The highest BCUT2D eigenvalue weighted by atomic mass is 127. The molecule has 0 aromatic carbocycles. The van der Waals surface area contributed by atoms with E-state index < -0.39 is 5.60 Å². The lowest BCUT2D eigenvalue weighted by molar-refractivity contribution is -0.0180. The average Bonchev–Trinajstić information content (AvgIpc) is 2.67. The van der Waals surface area contributed by atoms with Gasteiger partial charge in [-0.2, -0.15) is 0 Å². The van der Waals surface area contributed by atoms with Gasteiger partial charge in [-0.25, -0.2) is 0 Å². The molecule has 2 fully saturated rings. The van der Waals surface area contributed by atoms with Gasteiger partial charge in [0.1, 0.15) is 0 Å². The Balaban J connectivity index is 0.00000392. The van der Waals surface area contributed by atoms with Gasteiger partial charge in [0.2, 0.25) is 0 Å². The van der Waals surface area contributed by atoms with Crippen molar-refractivity contribution in [1.29, 1.82) is 0 Å². The number of nitrogens with one attached hydrogen (secondary N) is 2. The van der Waals surface area contributed by atoms with E-state index in [2.05, 4.69) is 44.2 Å². The molecule has 166 valence electrons. The summed E-state index contributed by atoms with van der Waals surface area (Å²) in [5, 5.41) is 17.4. The van der Waals surface area contributed by atoms with E-state index in [1.165, 1.54) is 0 Å². The summed E-state index contributed by atoms with van der Waals surface area (Å²) in [5.41, 5.74) is -0.837. The van der Waals surface area contributed by atoms with E-state index >= 15 is 0 Å². The van der Waals surface area contributed by atoms with E-state index in [0.717, 1.165) is 84.6 Å². The zero-order valence-electron chi connectivity index (χ0n) is 18.0. The van der Waals surface area contributed by atoms with Crippen LogP contribution in [-0.2, 0) is 4.74 Å². The van der Waals surface area contributed by atoms with Crippen LogP contribution in [-0.4, -0.2) is 123 Å². The molecule has 0 amide bonds. The van der Waals surface area contributed by atoms with E-state index in [0.29, 0.717) is 13.1 Å². The van der Waals surface area contributed by atoms with Gasteiger partial charge in [-0.15, -0.1) is 24.0 Å². The Bertz CT molecular complexity index is 438. The van der Waals surface area contributed by atoms with Gasteiger partial charge < -0.3 is 25.4 Å². The smallest absolute Gasteiger partial charge is 0.191 e. The van der Waals surface area contributed by atoms with Crippen LogP contribution in [0.2, 0.25) is 0 Å². The number of ether oxygens (including phenoxy) is 1. The second-order valence-corrected chi connectivity index (χ2v) is 7.78. The summed E-state index contributed by atoms with van der Waals surface area (Å²) in [5.74, 6) is 0.784. The SMILES string of the molecule is CCNC(=NCC(C)(O)CN1CCOCC1)NCCN1CCN(CC)CC1.I. The molecule has 1 unspecified atom stereocenters. The summed E-state index contributed by atoms with van der Waals surface area (Å²) in [4.78, 5) is 11.9. The Kier molecular flexibility index (Phi) is 12.8. The van der Waals surface area contributed by atoms with Crippen molar-refractivity contribution in [2.45, 2.75) is 26.4 Å². The summed E-state index contributed by atoms with van der Waals surface area (Å²) >= 11 is 0. The van der Waals surface area contributed by atoms with Crippen LogP contribution >= 0.6 is 24.0 Å². The van der Waals surface area contributed by atoms with Crippen molar-refractivity contribution in [3.8, 4) is 0 Å². The molecule has 2 saturated heterocycles. The predicted octanol–water partition coefficient (Wildman–Crippen LogP) is -0.120. The fourth-order valence-corrected chi connectivity index (χ4v) is 3.54. The van der Waals surface area contributed by atoms with Crippen molar-refractivity contribution in [3.63, 3.8) is 0 Å². The number of likely N-dealkylation sites (N-methyl/N-ethyl adjacent to an activating group) is 1. The van der Waals surface area contributed by atoms with Gasteiger partial charge in [0.15, 0.2) is 5.96 Å².